The first-order valence-corrected chi connectivity index (χ1v) is 10.7. The van der Waals surface area contributed by atoms with Gasteiger partial charge in [-0.3, -0.25) is 9.59 Å². The van der Waals surface area contributed by atoms with Gasteiger partial charge in [-0.25, -0.2) is 4.39 Å². The molecule has 0 spiro atoms. The molecule has 0 aliphatic carbocycles. The fourth-order valence-electron chi connectivity index (χ4n) is 3.57. The van der Waals surface area contributed by atoms with E-state index in [2.05, 4.69) is 15.5 Å². The van der Waals surface area contributed by atoms with E-state index < -0.39 is 5.56 Å². The topological polar surface area (TPSA) is 99.2 Å². The van der Waals surface area contributed by atoms with Gasteiger partial charge in [0, 0.05) is 16.9 Å². The van der Waals surface area contributed by atoms with E-state index in [1.165, 1.54) is 28.8 Å². The third kappa shape index (κ3) is 4.88. The first kappa shape index (κ1) is 22.9. The lowest BCUT2D eigenvalue weighted by atomic mass is 10.1. The van der Waals surface area contributed by atoms with Crippen LogP contribution < -0.4 is 15.6 Å². The maximum Gasteiger partial charge on any atom is 0.264 e. The third-order valence-electron chi connectivity index (χ3n) is 5.20. The SMILES string of the molecule is CCOc1ccc(NC(=O)Cn2c(C)cc(C)c(-c3nc(-c4ccc(F)cc4)no3)c2=O)cc1. The number of amides is 1. The molecular weight excluding hydrogens is 439 g/mol. The molecule has 0 aliphatic heterocycles. The van der Waals surface area contributed by atoms with Crippen LogP contribution in [0.1, 0.15) is 18.2 Å². The molecule has 4 rings (SSSR count). The number of anilines is 1. The number of nitrogens with zero attached hydrogens (tertiary/aromatic N) is 3. The molecule has 0 fully saturated rings. The Morgan fingerprint density at radius 3 is 2.50 bits per heavy atom. The van der Waals surface area contributed by atoms with Gasteiger partial charge in [0.25, 0.3) is 11.4 Å². The minimum atomic E-state index is -0.423. The maximum absolute atomic E-state index is 13.3. The molecule has 4 aromatic rings. The zero-order valence-corrected chi connectivity index (χ0v) is 19.0. The quantitative estimate of drug-likeness (QED) is 0.438. The van der Waals surface area contributed by atoms with E-state index in [-0.39, 0.29) is 35.5 Å². The van der Waals surface area contributed by atoms with Crippen molar-refractivity contribution < 1.29 is 18.4 Å². The van der Waals surface area contributed by atoms with Crippen molar-refractivity contribution >= 4 is 11.6 Å². The van der Waals surface area contributed by atoms with Gasteiger partial charge in [0.05, 0.1) is 6.61 Å². The lowest BCUT2D eigenvalue weighted by molar-refractivity contribution is -0.116. The van der Waals surface area contributed by atoms with E-state index >= 15 is 0 Å². The van der Waals surface area contributed by atoms with E-state index in [1.54, 1.807) is 44.2 Å². The van der Waals surface area contributed by atoms with Crippen molar-refractivity contribution in [2.75, 3.05) is 11.9 Å². The molecule has 9 heteroatoms. The molecule has 2 aromatic carbocycles. The Morgan fingerprint density at radius 1 is 1.12 bits per heavy atom. The Bertz CT molecular complexity index is 1380. The van der Waals surface area contributed by atoms with Crippen molar-refractivity contribution in [1.29, 1.82) is 0 Å². The van der Waals surface area contributed by atoms with Crippen molar-refractivity contribution in [3.63, 3.8) is 0 Å². The van der Waals surface area contributed by atoms with E-state index in [1.807, 2.05) is 6.92 Å². The number of benzene rings is 2. The summed E-state index contributed by atoms with van der Waals surface area (Å²) in [6.45, 7) is 5.76. The molecule has 34 heavy (non-hydrogen) atoms. The van der Waals surface area contributed by atoms with Crippen molar-refractivity contribution in [1.82, 2.24) is 14.7 Å². The summed E-state index contributed by atoms with van der Waals surface area (Å²) in [6.07, 6.45) is 0. The number of aromatic nitrogens is 3. The number of hydrogen-bond acceptors (Lipinski definition) is 6. The molecule has 2 aromatic heterocycles. The first-order valence-electron chi connectivity index (χ1n) is 10.7. The zero-order valence-electron chi connectivity index (χ0n) is 19.0. The van der Waals surface area contributed by atoms with Crippen molar-refractivity contribution in [2.45, 2.75) is 27.3 Å². The Morgan fingerprint density at radius 2 is 1.82 bits per heavy atom. The lowest BCUT2D eigenvalue weighted by Crippen LogP contribution is -2.30. The number of pyridine rings is 1. The predicted octanol–water partition coefficient (Wildman–Crippen LogP) is 4.36. The monoisotopic (exact) mass is 462 g/mol. The molecular formula is C25H23FN4O4. The Kier molecular flexibility index (Phi) is 6.53. The number of hydrogen-bond donors (Lipinski definition) is 1. The Balaban J connectivity index is 1.59. The maximum atomic E-state index is 13.3. The van der Waals surface area contributed by atoms with Crippen molar-refractivity contribution in [3.8, 4) is 28.6 Å². The molecule has 0 unspecified atom stereocenters. The third-order valence-corrected chi connectivity index (χ3v) is 5.20. The molecule has 2 heterocycles. The smallest absolute Gasteiger partial charge is 0.264 e. The minimum absolute atomic E-state index is 0.0301. The summed E-state index contributed by atoms with van der Waals surface area (Å²) in [4.78, 5) is 30.3. The van der Waals surface area contributed by atoms with Crippen LogP contribution in [-0.4, -0.2) is 27.2 Å². The van der Waals surface area contributed by atoms with E-state index in [9.17, 15) is 14.0 Å². The first-order chi connectivity index (χ1) is 16.4. The predicted molar refractivity (Wildman–Crippen MR) is 125 cm³/mol. The van der Waals surface area contributed by atoms with Gasteiger partial charge in [0.1, 0.15) is 23.7 Å². The summed E-state index contributed by atoms with van der Waals surface area (Å²) in [5.74, 6) is 0.224. The second kappa shape index (κ2) is 9.70. The average molecular weight is 462 g/mol. The molecule has 1 N–H and O–H groups in total. The summed E-state index contributed by atoms with van der Waals surface area (Å²) in [7, 11) is 0. The number of aryl methyl sites for hydroxylation is 2. The summed E-state index contributed by atoms with van der Waals surface area (Å²) in [5, 5.41) is 6.70. The molecule has 8 nitrogen and oxygen atoms in total. The van der Waals surface area contributed by atoms with E-state index in [4.69, 9.17) is 9.26 Å². The number of carbonyl (C=O) groups excluding carboxylic acids is 1. The molecule has 0 aliphatic rings. The number of rotatable bonds is 7. The normalized spacial score (nSPS) is 10.8. The second-order valence-corrected chi connectivity index (χ2v) is 7.67. The summed E-state index contributed by atoms with van der Waals surface area (Å²) in [6, 6.07) is 14.4. The highest BCUT2D eigenvalue weighted by molar-refractivity contribution is 5.90. The summed E-state index contributed by atoms with van der Waals surface area (Å²) in [5.41, 5.74) is 2.18. The average Bonchev–Trinajstić information content (AvgIpc) is 3.28. The highest BCUT2D eigenvalue weighted by Crippen LogP contribution is 2.23. The number of nitrogens with one attached hydrogen (secondary N) is 1. The molecule has 0 bridgehead atoms. The van der Waals surface area contributed by atoms with Gasteiger partial charge < -0.3 is 19.1 Å². The highest BCUT2D eigenvalue weighted by atomic mass is 19.1. The Hall–Kier alpha value is -4.27. The number of ether oxygens (including phenoxy) is 1. The van der Waals surface area contributed by atoms with Crippen LogP contribution >= 0.6 is 0 Å². The van der Waals surface area contributed by atoms with Crippen LogP contribution in [0.2, 0.25) is 0 Å². The molecule has 0 radical (unpaired) electrons. The van der Waals surface area contributed by atoms with Gasteiger partial charge in [-0.2, -0.15) is 4.98 Å². The van der Waals surface area contributed by atoms with Gasteiger partial charge in [0.15, 0.2) is 0 Å². The fraction of sp³-hybridized carbons (Fsp3) is 0.200. The van der Waals surface area contributed by atoms with Gasteiger partial charge in [-0.05, 0) is 80.9 Å². The van der Waals surface area contributed by atoms with Crippen LogP contribution in [0.25, 0.3) is 22.8 Å². The highest BCUT2D eigenvalue weighted by Gasteiger charge is 2.20. The number of halogens is 1. The summed E-state index contributed by atoms with van der Waals surface area (Å²) >= 11 is 0. The van der Waals surface area contributed by atoms with Crippen LogP contribution in [0, 0.1) is 19.7 Å². The minimum Gasteiger partial charge on any atom is -0.494 e. The molecule has 1 amide bonds. The zero-order chi connectivity index (χ0) is 24.2. The van der Waals surface area contributed by atoms with Crippen LogP contribution in [0.4, 0.5) is 10.1 Å². The number of carbonyl (C=O) groups is 1. The Labute approximate surface area is 195 Å². The lowest BCUT2D eigenvalue weighted by Gasteiger charge is -2.13. The van der Waals surface area contributed by atoms with Crippen molar-refractivity contribution in [2.24, 2.45) is 0 Å². The molecule has 0 saturated carbocycles. The van der Waals surface area contributed by atoms with Crippen LogP contribution in [0.15, 0.2) is 63.9 Å². The van der Waals surface area contributed by atoms with Gasteiger partial charge in [-0.1, -0.05) is 5.16 Å². The van der Waals surface area contributed by atoms with E-state index in [0.717, 1.165) is 0 Å². The van der Waals surface area contributed by atoms with Crippen LogP contribution in [-0.2, 0) is 11.3 Å². The molecule has 174 valence electrons. The molecule has 0 saturated heterocycles. The van der Waals surface area contributed by atoms with Crippen LogP contribution in [0.5, 0.6) is 5.75 Å². The molecule has 0 atom stereocenters. The standard InChI is InChI=1S/C25H23FN4O4/c1-4-33-20-11-9-19(10-12-20)27-21(31)14-30-16(3)13-15(2)22(25(30)32)24-28-23(29-34-24)17-5-7-18(26)8-6-17/h5-13H,4,14H2,1-3H3,(H,27,31). The second-order valence-electron chi connectivity index (χ2n) is 7.67. The van der Waals surface area contributed by atoms with Crippen LogP contribution in [0.3, 0.4) is 0 Å². The van der Waals surface area contributed by atoms with E-state index in [0.29, 0.717) is 34.9 Å². The summed E-state index contributed by atoms with van der Waals surface area (Å²) < 4.78 is 25.3. The van der Waals surface area contributed by atoms with Gasteiger partial charge in [-0.15, -0.1) is 0 Å². The van der Waals surface area contributed by atoms with Gasteiger partial charge in [0.2, 0.25) is 11.7 Å². The fourth-order valence-corrected chi connectivity index (χ4v) is 3.57. The largest absolute Gasteiger partial charge is 0.494 e. The van der Waals surface area contributed by atoms with Crippen molar-refractivity contribution in [3.05, 3.63) is 82.0 Å². The van der Waals surface area contributed by atoms with Gasteiger partial charge >= 0.3 is 0 Å².